The van der Waals surface area contributed by atoms with Crippen LogP contribution in [0.25, 0.3) is 22.8 Å². The maximum atomic E-state index is 12.7. The lowest BCUT2D eigenvalue weighted by atomic mass is 10.1. The third kappa shape index (κ3) is 4.17. The molecule has 0 aliphatic rings. The van der Waals surface area contributed by atoms with E-state index >= 15 is 0 Å². The number of halogens is 3. The molecule has 0 atom stereocenters. The molecule has 0 unspecified atom stereocenters. The van der Waals surface area contributed by atoms with Crippen molar-refractivity contribution in [3.05, 3.63) is 54.2 Å². The monoisotopic (exact) mass is 378 g/mol. The molecule has 0 spiro atoms. The van der Waals surface area contributed by atoms with E-state index in [1.54, 1.807) is 24.4 Å². The molecule has 3 rings (SSSR count). The van der Waals surface area contributed by atoms with Gasteiger partial charge in [0.15, 0.2) is 0 Å². The average Bonchev–Trinajstić information content (AvgIpc) is 2.66. The first kappa shape index (κ1) is 18.3. The molecule has 1 aromatic carbocycles. The van der Waals surface area contributed by atoms with E-state index in [4.69, 9.17) is 5.11 Å². The molecule has 0 radical (unpaired) electrons. The molecule has 3 aromatic rings. The van der Waals surface area contributed by atoms with Crippen molar-refractivity contribution in [1.29, 1.82) is 0 Å². The van der Waals surface area contributed by atoms with Crippen molar-refractivity contribution in [2.24, 2.45) is 0 Å². The summed E-state index contributed by atoms with van der Waals surface area (Å²) in [6.07, 6.45) is -2.80. The van der Waals surface area contributed by atoms with Gasteiger partial charge in [0.25, 0.3) is 0 Å². The minimum atomic E-state index is -4.40. The van der Waals surface area contributed by atoms with Crippen LogP contribution in [0.2, 0.25) is 0 Å². The van der Waals surface area contributed by atoms with Crippen molar-refractivity contribution in [1.82, 2.24) is 20.2 Å². The Morgan fingerprint density at radius 2 is 1.77 bits per heavy atom. The van der Waals surface area contributed by atoms with Crippen LogP contribution >= 0.6 is 11.8 Å². The summed E-state index contributed by atoms with van der Waals surface area (Å²) in [6, 6.07) is 9.92. The molecular weight excluding hydrogens is 365 g/mol. The summed E-state index contributed by atoms with van der Waals surface area (Å²) in [5.41, 5.74) is 0.615. The summed E-state index contributed by atoms with van der Waals surface area (Å²) < 4.78 is 38.2. The fourth-order valence-electron chi connectivity index (χ4n) is 2.16. The van der Waals surface area contributed by atoms with E-state index in [9.17, 15) is 13.2 Å². The van der Waals surface area contributed by atoms with E-state index in [1.165, 1.54) is 23.9 Å². The molecule has 2 heterocycles. The number of thioether (sulfide) groups is 1. The number of hydrogen-bond donors (Lipinski definition) is 1. The zero-order valence-corrected chi connectivity index (χ0v) is 14.1. The van der Waals surface area contributed by atoms with Gasteiger partial charge in [0.05, 0.1) is 12.2 Å². The van der Waals surface area contributed by atoms with E-state index in [-0.39, 0.29) is 6.61 Å². The Balaban J connectivity index is 2.00. The Kier molecular flexibility index (Phi) is 5.48. The lowest BCUT2D eigenvalue weighted by molar-refractivity contribution is -0.137. The lowest BCUT2D eigenvalue weighted by Gasteiger charge is -2.10. The van der Waals surface area contributed by atoms with Crippen LogP contribution in [0.1, 0.15) is 5.56 Å². The number of aromatic nitrogens is 4. The molecule has 134 valence electrons. The van der Waals surface area contributed by atoms with Crippen molar-refractivity contribution in [3.63, 3.8) is 0 Å². The Morgan fingerprint density at radius 1 is 1.00 bits per heavy atom. The van der Waals surface area contributed by atoms with Crippen molar-refractivity contribution >= 4 is 11.8 Å². The third-order valence-corrected chi connectivity index (χ3v) is 4.31. The number of hydrogen-bond acceptors (Lipinski definition) is 6. The van der Waals surface area contributed by atoms with Gasteiger partial charge in [-0.15, -0.1) is 22.0 Å². The largest absolute Gasteiger partial charge is 0.416 e. The van der Waals surface area contributed by atoms with Gasteiger partial charge in [-0.05, 0) is 24.3 Å². The van der Waals surface area contributed by atoms with Gasteiger partial charge in [0.2, 0.25) is 5.82 Å². The van der Waals surface area contributed by atoms with Crippen LogP contribution in [-0.4, -0.2) is 37.6 Å². The number of pyridine rings is 1. The first-order valence-corrected chi connectivity index (χ1v) is 8.55. The molecule has 5 nitrogen and oxygen atoms in total. The van der Waals surface area contributed by atoms with E-state index in [0.29, 0.717) is 33.6 Å². The second-order valence-electron chi connectivity index (χ2n) is 5.15. The second kappa shape index (κ2) is 7.79. The fraction of sp³-hybridized carbons (Fsp3) is 0.176. The number of rotatable bonds is 5. The highest BCUT2D eigenvalue weighted by molar-refractivity contribution is 7.99. The predicted molar refractivity (Wildman–Crippen MR) is 91.3 cm³/mol. The topological polar surface area (TPSA) is 71.8 Å². The van der Waals surface area contributed by atoms with Crippen LogP contribution in [0.15, 0.2) is 53.7 Å². The van der Waals surface area contributed by atoms with Crippen molar-refractivity contribution < 1.29 is 18.3 Å². The first-order valence-electron chi connectivity index (χ1n) is 7.56. The molecule has 0 fully saturated rings. The number of aliphatic hydroxyl groups excluding tert-OH is 1. The Labute approximate surface area is 151 Å². The minimum Gasteiger partial charge on any atom is -0.396 e. The lowest BCUT2D eigenvalue weighted by Crippen LogP contribution is -2.05. The van der Waals surface area contributed by atoms with Crippen molar-refractivity contribution in [2.75, 3.05) is 12.4 Å². The molecule has 0 saturated carbocycles. The molecular formula is C17H13F3N4OS. The second-order valence-corrected chi connectivity index (χ2v) is 6.23. The van der Waals surface area contributed by atoms with Crippen LogP contribution in [0, 0.1) is 0 Å². The number of benzene rings is 1. The Hall–Kier alpha value is -2.52. The summed E-state index contributed by atoms with van der Waals surface area (Å²) >= 11 is 1.25. The van der Waals surface area contributed by atoms with Gasteiger partial charge in [-0.25, -0.2) is 4.98 Å². The number of nitrogens with zero attached hydrogens (tertiary/aromatic N) is 4. The van der Waals surface area contributed by atoms with Gasteiger partial charge < -0.3 is 5.11 Å². The number of aliphatic hydroxyl groups is 1. The fourth-order valence-corrected chi connectivity index (χ4v) is 2.89. The molecule has 0 bridgehead atoms. The standard InChI is InChI=1S/C17H13F3N4OS/c18-17(19,20)12-6-4-11(5-7-12)14-16(26-10-9-25)22-15(24-23-14)13-3-1-2-8-21-13/h1-8,25H,9-10H2. The summed E-state index contributed by atoms with van der Waals surface area (Å²) in [5.74, 6) is 0.676. The van der Waals surface area contributed by atoms with Crippen LogP contribution in [0.5, 0.6) is 0 Å². The third-order valence-electron chi connectivity index (χ3n) is 3.36. The van der Waals surface area contributed by atoms with Gasteiger partial charge >= 0.3 is 6.18 Å². The maximum Gasteiger partial charge on any atom is 0.416 e. The van der Waals surface area contributed by atoms with Crippen LogP contribution in [0.4, 0.5) is 13.2 Å². The quantitative estimate of drug-likeness (QED) is 0.683. The molecule has 9 heteroatoms. The first-order chi connectivity index (χ1) is 12.5. The van der Waals surface area contributed by atoms with Crippen LogP contribution in [0.3, 0.4) is 0 Å². The summed E-state index contributed by atoms with van der Waals surface area (Å²) in [4.78, 5) is 8.58. The molecule has 0 aliphatic carbocycles. The smallest absolute Gasteiger partial charge is 0.396 e. The number of alkyl halides is 3. The summed E-state index contributed by atoms with van der Waals surface area (Å²) in [5, 5.41) is 17.7. The van der Waals surface area contributed by atoms with E-state index < -0.39 is 11.7 Å². The van der Waals surface area contributed by atoms with E-state index in [1.807, 2.05) is 0 Å². The minimum absolute atomic E-state index is 0.0694. The zero-order chi connectivity index (χ0) is 18.6. The van der Waals surface area contributed by atoms with Crippen molar-refractivity contribution in [3.8, 4) is 22.8 Å². The molecule has 0 aliphatic heterocycles. The van der Waals surface area contributed by atoms with Gasteiger partial charge in [-0.1, -0.05) is 18.2 Å². The molecule has 0 amide bonds. The Morgan fingerprint density at radius 3 is 2.38 bits per heavy atom. The van der Waals surface area contributed by atoms with Gasteiger partial charge in [-0.3, -0.25) is 4.98 Å². The maximum absolute atomic E-state index is 12.7. The highest BCUT2D eigenvalue weighted by Crippen LogP contribution is 2.33. The summed E-state index contributed by atoms with van der Waals surface area (Å²) in [7, 11) is 0. The highest BCUT2D eigenvalue weighted by atomic mass is 32.2. The molecule has 2 aromatic heterocycles. The van der Waals surface area contributed by atoms with Crippen molar-refractivity contribution in [2.45, 2.75) is 11.2 Å². The van der Waals surface area contributed by atoms with Gasteiger partial charge in [0, 0.05) is 17.5 Å². The summed E-state index contributed by atoms with van der Waals surface area (Å²) in [6.45, 7) is -0.0694. The normalized spacial score (nSPS) is 11.5. The average molecular weight is 378 g/mol. The Bertz CT molecular complexity index is 873. The molecule has 0 saturated heterocycles. The highest BCUT2D eigenvalue weighted by Gasteiger charge is 2.30. The van der Waals surface area contributed by atoms with Crippen LogP contribution < -0.4 is 0 Å². The van der Waals surface area contributed by atoms with E-state index in [2.05, 4.69) is 20.2 Å². The predicted octanol–water partition coefficient (Wildman–Crippen LogP) is 3.70. The zero-order valence-electron chi connectivity index (χ0n) is 13.3. The van der Waals surface area contributed by atoms with E-state index in [0.717, 1.165) is 12.1 Å². The molecule has 26 heavy (non-hydrogen) atoms. The molecule has 1 N–H and O–H groups in total. The van der Waals surface area contributed by atoms with Gasteiger partial charge in [-0.2, -0.15) is 13.2 Å². The van der Waals surface area contributed by atoms with Gasteiger partial charge in [0.1, 0.15) is 16.4 Å². The van der Waals surface area contributed by atoms with Crippen LogP contribution in [-0.2, 0) is 6.18 Å². The SMILES string of the molecule is OCCSc1nc(-c2ccccn2)nnc1-c1ccc(C(F)(F)F)cc1.